The third-order valence-electron chi connectivity index (χ3n) is 2.86. The van der Waals surface area contributed by atoms with Gasteiger partial charge in [0.1, 0.15) is 11.3 Å². The number of hydrogen-bond acceptors (Lipinski definition) is 2. The van der Waals surface area contributed by atoms with E-state index in [1.54, 1.807) is 0 Å². The van der Waals surface area contributed by atoms with Gasteiger partial charge in [-0.05, 0) is 50.5 Å². The highest BCUT2D eigenvalue weighted by Crippen LogP contribution is 2.32. The topological polar surface area (TPSA) is 22.1 Å². The Labute approximate surface area is 109 Å². The number of rotatable bonds is 2. The van der Waals surface area contributed by atoms with Crippen LogP contribution in [0.3, 0.4) is 0 Å². The summed E-state index contributed by atoms with van der Waals surface area (Å²) < 4.78 is 5.91. The number of fused-ring (bicyclic) bond motifs is 1. The van der Waals surface area contributed by atoms with Crippen molar-refractivity contribution >= 4 is 10.9 Å². The lowest BCUT2D eigenvalue weighted by atomic mass is 10.1. The predicted octanol–water partition coefficient (Wildman–Crippen LogP) is 4.42. The van der Waals surface area contributed by atoms with Crippen molar-refractivity contribution in [3.63, 3.8) is 0 Å². The van der Waals surface area contributed by atoms with Gasteiger partial charge in [0.2, 0.25) is 0 Å². The van der Waals surface area contributed by atoms with Crippen molar-refractivity contribution in [3.8, 4) is 5.75 Å². The first kappa shape index (κ1) is 12.9. The van der Waals surface area contributed by atoms with E-state index in [0.717, 1.165) is 17.0 Å². The summed E-state index contributed by atoms with van der Waals surface area (Å²) in [5, 5.41) is 1.17. The van der Waals surface area contributed by atoms with Crippen LogP contribution in [0.5, 0.6) is 5.75 Å². The molecular weight excluding hydrogens is 222 g/mol. The number of benzene rings is 1. The molecule has 1 aliphatic rings. The molecule has 2 aromatic rings. The van der Waals surface area contributed by atoms with E-state index in [0.29, 0.717) is 6.10 Å². The minimum atomic E-state index is 0.423. The summed E-state index contributed by atoms with van der Waals surface area (Å²) >= 11 is 0. The molecule has 1 heterocycles. The van der Waals surface area contributed by atoms with Gasteiger partial charge in [0.25, 0.3) is 0 Å². The Balaban J connectivity index is 0.000000574. The Kier molecular flexibility index (Phi) is 3.85. The normalized spacial score (nSPS) is 14.0. The Hall–Kier alpha value is -1.57. The minimum absolute atomic E-state index is 0.423. The summed E-state index contributed by atoms with van der Waals surface area (Å²) in [4.78, 5) is 4.57. The van der Waals surface area contributed by atoms with Crippen LogP contribution in [-0.4, -0.2) is 11.1 Å². The summed E-state index contributed by atoms with van der Waals surface area (Å²) in [6.45, 7) is 8.11. The van der Waals surface area contributed by atoms with E-state index in [9.17, 15) is 0 Å². The molecular formula is C16H21NO. The number of aryl methyl sites for hydroxylation is 2. The first-order valence-electron chi connectivity index (χ1n) is 6.77. The monoisotopic (exact) mass is 243 g/mol. The molecule has 3 rings (SSSR count). The van der Waals surface area contributed by atoms with Crippen molar-refractivity contribution in [3.05, 3.63) is 35.5 Å². The number of ether oxygens (including phenoxy) is 1. The van der Waals surface area contributed by atoms with Gasteiger partial charge in [0.05, 0.1) is 6.10 Å². The lowest BCUT2D eigenvalue weighted by Gasteiger charge is -2.09. The van der Waals surface area contributed by atoms with Crippen molar-refractivity contribution in [1.82, 2.24) is 4.98 Å². The highest BCUT2D eigenvalue weighted by atomic mass is 16.5. The van der Waals surface area contributed by atoms with Gasteiger partial charge in [0, 0.05) is 11.1 Å². The quantitative estimate of drug-likeness (QED) is 0.779. The van der Waals surface area contributed by atoms with Gasteiger partial charge in [-0.1, -0.05) is 19.9 Å². The standard InChI is InChI=1S/C14H15NO.C2H6/c1-9-7-11-4-3-10(2)15-14(11)13(8-9)16-12-5-6-12;1-2/h3-4,7-8,12H,5-6H2,1-2H3;1-2H3. The molecule has 1 aromatic carbocycles. The molecule has 18 heavy (non-hydrogen) atoms. The molecule has 0 N–H and O–H groups in total. The maximum Gasteiger partial charge on any atom is 0.146 e. The Bertz CT molecular complexity index is 544. The van der Waals surface area contributed by atoms with E-state index in [2.05, 4.69) is 30.1 Å². The molecule has 0 unspecified atom stereocenters. The van der Waals surface area contributed by atoms with Gasteiger partial charge >= 0.3 is 0 Å². The Morgan fingerprint density at radius 3 is 2.50 bits per heavy atom. The van der Waals surface area contributed by atoms with Crippen LogP contribution in [-0.2, 0) is 0 Å². The van der Waals surface area contributed by atoms with E-state index >= 15 is 0 Å². The van der Waals surface area contributed by atoms with Crippen molar-refractivity contribution in [2.45, 2.75) is 46.6 Å². The van der Waals surface area contributed by atoms with Gasteiger partial charge in [-0.15, -0.1) is 0 Å². The van der Waals surface area contributed by atoms with Gasteiger partial charge in [0.15, 0.2) is 0 Å². The fraction of sp³-hybridized carbons (Fsp3) is 0.438. The number of hydrogen-bond donors (Lipinski definition) is 0. The van der Waals surface area contributed by atoms with E-state index in [-0.39, 0.29) is 0 Å². The van der Waals surface area contributed by atoms with Gasteiger partial charge in [-0.3, -0.25) is 0 Å². The second-order valence-electron chi connectivity index (χ2n) is 4.60. The largest absolute Gasteiger partial charge is 0.488 e. The summed E-state index contributed by atoms with van der Waals surface area (Å²) in [6.07, 6.45) is 2.79. The maximum absolute atomic E-state index is 5.91. The van der Waals surface area contributed by atoms with E-state index in [4.69, 9.17) is 4.74 Å². The SMILES string of the molecule is CC.Cc1cc(OC2CC2)c2nc(C)ccc2c1. The second-order valence-corrected chi connectivity index (χ2v) is 4.60. The molecule has 1 fully saturated rings. The summed E-state index contributed by atoms with van der Waals surface area (Å²) in [6, 6.07) is 8.40. The van der Waals surface area contributed by atoms with Crippen LogP contribution in [0.25, 0.3) is 10.9 Å². The van der Waals surface area contributed by atoms with Crippen LogP contribution in [0.2, 0.25) is 0 Å². The maximum atomic E-state index is 5.91. The van der Waals surface area contributed by atoms with Crippen LogP contribution in [0, 0.1) is 13.8 Å². The highest BCUT2D eigenvalue weighted by Gasteiger charge is 2.24. The van der Waals surface area contributed by atoms with E-state index < -0.39 is 0 Å². The minimum Gasteiger partial charge on any atom is -0.488 e. The molecule has 96 valence electrons. The van der Waals surface area contributed by atoms with Gasteiger partial charge < -0.3 is 4.74 Å². The van der Waals surface area contributed by atoms with Gasteiger partial charge in [-0.2, -0.15) is 0 Å². The van der Waals surface area contributed by atoms with Crippen LogP contribution in [0.15, 0.2) is 24.3 Å². The zero-order chi connectivity index (χ0) is 13.1. The van der Waals surface area contributed by atoms with E-state index in [1.165, 1.54) is 23.8 Å². The van der Waals surface area contributed by atoms with Crippen molar-refractivity contribution < 1.29 is 4.74 Å². The molecule has 1 aromatic heterocycles. The van der Waals surface area contributed by atoms with Crippen LogP contribution in [0.4, 0.5) is 0 Å². The highest BCUT2D eigenvalue weighted by molar-refractivity contribution is 5.85. The predicted molar refractivity (Wildman–Crippen MR) is 76.2 cm³/mol. The van der Waals surface area contributed by atoms with Crippen LogP contribution < -0.4 is 4.74 Å². The Morgan fingerprint density at radius 2 is 1.83 bits per heavy atom. The molecule has 0 atom stereocenters. The lowest BCUT2D eigenvalue weighted by molar-refractivity contribution is 0.306. The van der Waals surface area contributed by atoms with Crippen LogP contribution >= 0.6 is 0 Å². The fourth-order valence-corrected chi connectivity index (χ4v) is 1.90. The number of aromatic nitrogens is 1. The third kappa shape index (κ3) is 2.81. The molecule has 1 aliphatic carbocycles. The summed E-state index contributed by atoms with van der Waals surface area (Å²) in [7, 11) is 0. The second kappa shape index (κ2) is 5.38. The average molecular weight is 243 g/mol. The third-order valence-corrected chi connectivity index (χ3v) is 2.86. The van der Waals surface area contributed by atoms with Crippen LogP contribution in [0.1, 0.15) is 37.9 Å². The summed E-state index contributed by atoms with van der Waals surface area (Å²) in [5.74, 6) is 0.946. The Morgan fingerprint density at radius 1 is 1.11 bits per heavy atom. The first-order chi connectivity index (χ1) is 8.72. The molecule has 0 bridgehead atoms. The molecule has 0 amide bonds. The molecule has 2 nitrogen and oxygen atoms in total. The summed E-state index contributed by atoms with van der Waals surface area (Å²) in [5.41, 5.74) is 3.27. The number of nitrogens with zero attached hydrogens (tertiary/aromatic N) is 1. The van der Waals surface area contributed by atoms with Crippen molar-refractivity contribution in [2.24, 2.45) is 0 Å². The van der Waals surface area contributed by atoms with E-state index in [1.807, 2.05) is 26.8 Å². The van der Waals surface area contributed by atoms with Gasteiger partial charge in [-0.25, -0.2) is 4.98 Å². The van der Waals surface area contributed by atoms with Crippen molar-refractivity contribution in [2.75, 3.05) is 0 Å². The fourth-order valence-electron chi connectivity index (χ4n) is 1.90. The zero-order valence-electron chi connectivity index (χ0n) is 11.7. The molecule has 2 heteroatoms. The first-order valence-corrected chi connectivity index (χ1v) is 6.77. The molecule has 0 aliphatic heterocycles. The zero-order valence-corrected chi connectivity index (χ0v) is 11.7. The molecule has 0 spiro atoms. The molecule has 1 saturated carbocycles. The molecule has 0 radical (unpaired) electrons. The lowest BCUT2D eigenvalue weighted by Crippen LogP contribution is -1.98. The molecule has 0 saturated heterocycles. The van der Waals surface area contributed by atoms with Crippen molar-refractivity contribution in [1.29, 1.82) is 0 Å². The smallest absolute Gasteiger partial charge is 0.146 e. The number of pyridine rings is 1. The average Bonchev–Trinajstić information content (AvgIpc) is 3.17.